The maximum atomic E-state index is 12.7. The van der Waals surface area contributed by atoms with Crippen LogP contribution < -0.4 is 5.32 Å². The van der Waals surface area contributed by atoms with Crippen molar-refractivity contribution in [3.63, 3.8) is 0 Å². The molecule has 0 aliphatic carbocycles. The third-order valence-corrected chi connectivity index (χ3v) is 5.03. The van der Waals surface area contributed by atoms with Crippen LogP contribution in [0.15, 0.2) is 54.6 Å². The highest BCUT2D eigenvalue weighted by molar-refractivity contribution is 6.31. The molecule has 1 aliphatic heterocycles. The molecule has 2 amide bonds. The van der Waals surface area contributed by atoms with Crippen LogP contribution in [0.3, 0.4) is 0 Å². The van der Waals surface area contributed by atoms with Crippen molar-refractivity contribution in [2.24, 2.45) is 0 Å². The minimum Gasteiger partial charge on any atom is -0.341 e. The summed E-state index contributed by atoms with van der Waals surface area (Å²) in [5.41, 5.74) is 2.76. The maximum Gasteiger partial charge on any atom is 0.251 e. The highest BCUT2D eigenvalue weighted by atomic mass is 35.5. The molecule has 0 fully saturated rings. The normalized spacial score (nSPS) is 15.1. The molecule has 1 aliphatic rings. The number of nitrogens with zero attached hydrogens (tertiary/aromatic N) is 1. The molecule has 2 aromatic rings. The summed E-state index contributed by atoms with van der Waals surface area (Å²) in [4.78, 5) is 26.7. The molecule has 2 aromatic carbocycles. The fraction of sp³-hybridized carbons (Fsp3) is 0.238. The van der Waals surface area contributed by atoms with E-state index in [1.807, 2.05) is 24.3 Å². The van der Waals surface area contributed by atoms with Gasteiger partial charge in [-0.05, 0) is 54.8 Å². The number of nitrogens with one attached hydrogen (secondary N) is 1. The van der Waals surface area contributed by atoms with Crippen molar-refractivity contribution in [3.8, 4) is 0 Å². The van der Waals surface area contributed by atoms with E-state index in [4.69, 9.17) is 23.2 Å². The van der Waals surface area contributed by atoms with Crippen LogP contribution in [-0.2, 0) is 4.79 Å². The average molecular weight is 403 g/mol. The molecule has 0 spiro atoms. The number of hydrogen-bond acceptors (Lipinski definition) is 2. The summed E-state index contributed by atoms with van der Waals surface area (Å²) < 4.78 is 0. The first-order valence-corrected chi connectivity index (χ1v) is 9.50. The largest absolute Gasteiger partial charge is 0.341 e. The Morgan fingerprint density at radius 2 is 1.81 bits per heavy atom. The summed E-state index contributed by atoms with van der Waals surface area (Å²) >= 11 is 11.8. The molecular weight excluding hydrogens is 383 g/mol. The van der Waals surface area contributed by atoms with Crippen LogP contribution in [0.4, 0.5) is 0 Å². The molecule has 6 heteroatoms. The molecule has 3 rings (SSSR count). The molecule has 27 heavy (non-hydrogen) atoms. The zero-order valence-corrected chi connectivity index (χ0v) is 16.4. The number of carbonyl (C=O) groups is 2. The Hall–Kier alpha value is -2.30. The summed E-state index contributed by atoms with van der Waals surface area (Å²) in [5, 5.41) is 3.93. The van der Waals surface area contributed by atoms with Crippen LogP contribution in [-0.4, -0.2) is 35.8 Å². The van der Waals surface area contributed by atoms with Crippen molar-refractivity contribution in [2.45, 2.75) is 19.4 Å². The summed E-state index contributed by atoms with van der Waals surface area (Å²) in [6.07, 6.45) is 2.82. The Morgan fingerprint density at radius 1 is 1.07 bits per heavy atom. The van der Waals surface area contributed by atoms with Gasteiger partial charge in [0.15, 0.2) is 0 Å². The van der Waals surface area contributed by atoms with E-state index in [0.717, 1.165) is 12.0 Å². The molecule has 0 aromatic heterocycles. The van der Waals surface area contributed by atoms with Crippen LogP contribution in [0.1, 0.15) is 29.3 Å². The van der Waals surface area contributed by atoms with Gasteiger partial charge in [0.05, 0.1) is 0 Å². The number of benzene rings is 2. The second-order valence-corrected chi connectivity index (χ2v) is 7.35. The number of carbonyl (C=O) groups excluding carboxylic acids is 2. The zero-order valence-electron chi connectivity index (χ0n) is 14.9. The molecule has 0 saturated carbocycles. The van der Waals surface area contributed by atoms with Gasteiger partial charge >= 0.3 is 0 Å². The van der Waals surface area contributed by atoms with Gasteiger partial charge in [-0.25, -0.2) is 0 Å². The standard InChI is InChI=1S/C21H20Cl2N2O2/c1-14(24-20(26)17-3-2-4-19(23)13-17)21(27)25-11-9-16(10-12-25)15-5-7-18(22)8-6-15/h2-9,13-14H,10-12H2,1H3,(H,24,26). The molecular formula is C21H20Cl2N2O2. The topological polar surface area (TPSA) is 49.4 Å². The van der Waals surface area contributed by atoms with E-state index in [1.54, 1.807) is 36.1 Å². The fourth-order valence-electron chi connectivity index (χ4n) is 3.04. The van der Waals surface area contributed by atoms with Crippen LogP contribution in [0.2, 0.25) is 10.0 Å². The molecule has 1 atom stereocenters. The van der Waals surface area contributed by atoms with Crippen molar-refractivity contribution in [3.05, 3.63) is 75.8 Å². The first-order chi connectivity index (χ1) is 12.9. The van der Waals surface area contributed by atoms with Crippen molar-refractivity contribution in [1.29, 1.82) is 0 Å². The highest BCUT2D eigenvalue weighted by Gasteiger charge is 2.24. The fourth-order valence-corrected chi connectivity index (χ4v) is 3.36. The van der Waals surface area contributed by atoms with Gasteiger partial charge in [-0.2, -0.15) is 0 Å². The lowest BCUT2D eigenvalue weighted by molar-refractivity contribution is -0.132. The van der Waals surface area contributed by atoms with Gasteiger partial charge in [-0.15, -0.1) is 0 Å². The molecule has 140 valence electrons. The third kappa shape index (κ3) is 4.90. The van der Waals surface area contributed by atoms with E-state index in [9.17, 15) is 9.59 Å². The summed E-state index contributed by atoms with van der Waals surface area (Å²) in [5.74, 6) is -0.412. The molecule has 1 unspecified atom stereocenters. The van der Waals surface area contributed by atoms with E-state index >= 15 is 0 Å². The minimum absolute atomic E-state index is 0.100. The molecule has 1 N–H and O–H groups in total. The Kier molecular flexibility index (Phi) is 6.19. The molecule has 4 nitrogen and oxygen atoms in total. The number of amides is 2. The van der Waals surface area contributed by atoms with E-state index in [1.165, 1.54) is 5.57 Å². The molecule has 0 saturated heterocycles. The van der Waals surface area contributed by atoms with E-state index in [-0.39, 0.29) is 11.8 Å². The van der Waals surface area contributed by atoms with E-state index < -0.39 is 6.04 Å². The number of rotatable bonds is 4. The number of hydrogen-bond donors (Lipinski definition) is 1. The second-order valence-electron chi connectivity index (χ2n) is 6.48. The first kappa shape index (κ1) is 19.5. The lowest BCUT2D eigenvalue weighted by Gasteiger charge is -2.29. The minimum atomic E-state index is -0.609. The first-order valence-electron chi connectivity index (χ1n) is 8.74. The predicted octanol–water partition coefficient (Wildman–Crippen LogP) is 4.43. The summed E-state index contributed by atoms with van der Waals surface area (Å²) in [6, 6.07) is 13.7. The van der Waals surface area contributed by atoms with Gasteiger partial charge in [-0.1, -0.05) is 47.5 Å². The summed E-state index contributed by atoms with van der Waals surface area (Å²) in [6.45, 7) is 2.84. The second kappa shape index (κ2) is 8.59. The van der Waals surface area contributed by atoms with Crippen LogP contribution in [0.5, 0.6) is 0 Å². The molecule has 0 bridgehead atoms. The van der Waals surface area contributed by atoms with Crippen LogP contribution >= 0.6 is 23.2 Å². The van der Waals surface area contributed by atoms with Gasteiger partial charge in [-0.3, -0.25) is 9.59 Å². The van der Waals surface area contributed by atoms with Crippen molar-refractivity contribution < 1.29 is 9.59 Å². The van der Waals surface area contributed by atoms with Gasteiger partial charge < -0.3 is 10.2 Å². The summed E-state index contributed by atoms with van der Waals surface area (Å²) in [7, 11) is 0. The Morgan fingerprint density at radius 3 is 2.44 bits per heavy atom. The monoisotopic (exact) mass is 402 g/mol. The number of halogens is 2. The lowest BCUT2D eigenvalue weighted by atomic mass is 9.99. The van der Waals surface area contributed by atoms with Crippen molar-refractivity contribution in [2.75, 3.05) is 13.1 Å². The van der Waals surface area contributed by atoms with Gasteiger partial charge in [0.25, 0.3) is 5.91 Å². The Balaban J connectivity index is 1.59. The van der Waals surface area contributed by atoms with Gasteiger partial charge in [0, 0.05) is 28.7 Å². The average Bonchev–Trinajstić information content (AvgIpc) is 2.68. The SMILES string of the molecule is CC(NC(=O)c1cccc(Cl)c1)C(=O)N1CC=C(c2ccc(Cl)cc2)CC1. The van der Waals surface area contributed by atoms with Crippen LogP contribution in [0, 0.1) is 0 Å². The molecule has 1 heterocycles. The highest BCUT2D eigenvalue weighted by Crippen LogP contribution is 2.24. The van der Waals surface area contributed by atoms with Crippen LogP contribution in [0.25, 0.3) is 5.57 Å². The third-order valence-electron chi connectivity index (χ3n) is 4.54. The van der Waals surface area contributed by atoms with Gasteiger partial charge in [0.2, 0.25) is 5.91 Å². The maximum absolute atomic E-state index is 12.7. The van der Waals surface area contributed by atoms with Crippen molar-refractivity contribution in [1.82, 2.24) is 10.2 Å². The zero-order chi connectivity index (χ0) is 19.4. The predicted molar refractivity (Wildman–Crippen MR) is 109 cm³/mol. The van der Waals surface area contributed by atoms with Gasteiger partial charge in [0.1, 0.15) is 6.04 Å². The smallest absolute Gasteiger partial charge is 0.251 e. The Bertz CT molecular complexity index is 878. The van der Waals surface area contributed by atoms with E-state index in [2.05, 4.69) is 11.4 Å². The van der Waals surface area contributed by atoms with E-state index in [0.29, 0.717) is 28.7 Å². The lowest BCUT2D eigenvalue weighted by Crippen LogP contribution is -2.48. The van der Waals surface area contributed by atoms with Crippen molar-refractivity contribution >= 4 is 40.6 Å². The quantitative estimate of drug-likeness (QED) is 0.821. The molecule has 0 radical (unpaired) electrons. The Labute approximate surface area is 168 Å².